The maximum Gasteiger partial charge on any atom is 0.320 e. The first-order chi connectivity index (χ1) is 8.72. The highest BCUT2D eigenvalue weighted by Crippen LogP contribution is 2.03. The average molecular weight is 295 g/mol. The van der Waals surface area contributed by atoms with Crippen LogP contribution in [0.1, 0.15) is 33.6 Å². The van der Waals surface area contributed by atoms with Crippen LogP contribution in [0.2, 0.25) is 13.1 Å². The molecule has 1 rings (SSSR count). The van der Waals surface area contributed by atoms with Crippen molar-refractivity contribution in [1.82, 2.24) is 10.8 Å². The number of nitrogens with one attached hydrogen (secondary N) is 2. The summed E-state index contributed by atoms with van der Waals surface area (Å²) in [7, 11) is -0.881. The lowest BCUT2D eigenvalue weighted by Gasteiger charge is -2.21. The van der Waals surface area contributed by atoms with Crippen molar-refractivity contribution in [3.63, 3.8) is 0 Å². The molecule has 1 aliphatic rings. The molecule has 8 heteroatoms. The van der Waals surface area contributed by atoms with Gasteiger partial charge in [0.2, 0.25) is 0 Å². The molecule has 0 radical (unpaired) electrons. The predicted molar refractivity (Wildman–Crippen MR) is 77.5 cm³/mol. The Morgan fingerprint density at radius 2 is 1.95 bits per heavy atom. The van der Waals surface area contributed by atoms with E-state index in [1.54, 1.807) is 0 Å². The monoisotopic (exact) mass is 295 g/mol. The van der Waals surface area contributed by atoms with Gasteiger partial charge in [-0.15, -0.1) is 0 Å². The number of aliphatic carboxylic acids is 1. The molecule has 0 aromatic heterocycles. The smallest absolute Gasteiger partial charge is 0.320 e. The van der Waals surface area contributed by atoms with E-state index in [4.69, 9.17) is 14.8 Å². The van der Waals surface area contributed by atoms with Crippen molar-refractivity contribution in [2.45, 2.75) is 58.3 Å². The quantitative estimate of drug-likeness (QED) is 0.379. The fourth-order valence-electron chi connectivity index (χ4n) is 1.19. The third kappa shape index (κ3) is 15.4. The highest BCUT2D eigenvalue weighted by Gasteiger charge is 2.20. The number of hydroxylamine groups is 1. The minimum atomic E-state index is -0.881. The number of rotatable bonds is 3. The fourth-order valence-corrected chi connectivity index (χ4v) is 1.78. The zero-order chi connectivity index (χ0) is 15.5. The van der Waals surface area contributed by atoms with Gasteiger partial charge in [-0.3, -0.25) is 4.79 Å². The molecule has 0 aromatic carbocycles. The molecule has 0 unspecified atom stereocenters. The van der Waals surface area contributed by atoms with Crippen LogP contribution < -0.4 is 16.7 Å². The molecule has 116 valence electrons. The Morgan fingerprint density at radius 1 is 1.42 bits per heavy atom. The summed E-state index contributed by atoms with van der Waals surface area (Å²) in [6.07, 6.45) is 1.78. The Balaban J connectivity index is 0. The van der Waals surface area contributed by atoms with Crippen LogP contribution in [0.25, 0.3) is 0 Å². The molecule has 1 heterocycles. The summed E-state index contributed by atoms with van der Waals surface area (Å²) >= 11 is 0. The van der Waals surface area contributed by atoms with Gasteiger partial charge in [-0.05, 0) is 53.3 Å². The lowest BCUT2D eigenvalue weighted by atomic mass is 10.1. The molecule has 1 aliphatic heterocycles. The number of carboxylic acids is 1. The normalized spacial score (nSPS) is 18.2. The summed E-state index contributed by atoms with van der Waals surface area (Å²) in [6, 6.07) is -0.269. The topological polar surface area (TPSA) is 117 Å². The molecule has 0 amide bonds. The molecular formula is C11H29N3O4Si. The first-order valence-electron chi connectivity index (χ1n) is 6.37. The zero-order valence-electron chi connectivity index (χ0n) is 12.6. The van der Waals surface area contributed by atoms with Crippen molar-refractivity contribution in [3.05, 3.63) is 0 Å². The Bertz CT molecular complexity index is 228. The summed E-state index contributed by atoms with van der Waals surface area (Å²) in [5, 5.41) is 17.7. The van der Waals surface area contributed by atoms with Gasteiger partial charge in [0.05, 0.1) is 0 Å². The number of carbonyl (C=O) groups is 1. The lowest BCUT2D eigenvalue weighted by Crippen LogP contribution is -2.38. The van der Waals surface area contributed by atoms with Crippen LogP contribution in [0.4, 0.5) is 0 Å². The molecule has 1 fully saturated rings. The van der Waals surface area contributed by atoms with Crippen LogP contribution in [0.15, 0.2) is 0 Å². The van der Waals surface area contributed by atoms with Gasteiger partial charge in [-0.2, -0.15) is 0 Å². The third-order valence-electron chi connectivity index (χ3n) is 1.96. The van der Waals surface area contributed by atoms with E-state index in [0.717, 1.165) is 19.4 Å². The van der Waals surface area contributed by atoms with E-state index < -0.39 is 15.0 Å². The van der Waals surface area contributed by atoms with E-state index in [2.05, 4.69) is 50.6 Å². The second kappa shape index (κ2) is 11.3. The largest absolute Gasteiger partial charge is 0.480 e. The molecule has 0 aromatic rings. The first-order valence-corrected chi connectivity index (χ1v) is 9.15. The third-order valence-corrected chi connectivity index (χ3v) is 2.55. The van der Waals surface area contributed by atoms with E-state index in [1.165, 1.54) is 0 Å². The Morgan fingerprint density at radius 3 is 2.11 bits per heavy atom. The SMILES string of the molecule is C[SiH](C)ONC(C)(C)C.NO.O=C(O)[C@@H]1CCCN1. The number of hydrogen-bond acceptors (Lipinski definition) is 6. The maximum absolute atomic E-state index is 10.1. The molecule has 0 saturated carbocycles. The van der Waals surface area contributed by atoms with Crippen LogP contribution in [-0.2, 0) is 9.32 Å². The maximum atomic E-state index is 10.1. The summed E-state index contributed by atoms with van der Waals surface area (Å²) in [5.74, 6) is 2.78. The minimum absolute atomic E-state index is 0.0945. The average Bonchev–Trinajstić information content (AvgIpc) is 2.83. The fraction of sp³-hybridized carbons (Fsp3) is 0.909. The van der Waals surface area contributed by atoms with Crippen molar-refractivity contribution < 1.29 is 19.6 Å². The number of hydrogen-bond donors (Lipinski definition) is 5. The molecule has 0 bridgehead atoms. The summed E-state index contributed by atoms with van der Waals surface area (Å²) < 4.78 is 5.30. The van der Waals surface area contributed by atoms with Crippen molar-refractivity contribution in [2.24, 2.45) is 5.90 Å². The second-order valence-corrected chi connectivity index (χ2v) is 7.84. The molecular weight excluding hydrogens is 266 g/mol. The van der Waals surface area contributed by atoms with E-state index in [1.807, 2.05) is 0 Å². The van der Waals surface area contributed by atoms with Crippen molar-refractivity contribution in [2.75, 3.05) is 6.54 Å². The van der Waals surface area contributed by atoms with Crippen LogP contribution in [0.3, 0.4) is 0 Å². The van der Waals surface area contributed by atoms with E-state index >= 15 is 0 Å². The summed E-state index contributed by atoms with van der Waals surface area (Å²) in [5.41, 5.74) is 3.08. The minimum Gasteiger partial charge on any atom is -0.480 e. The van der Waals surface area contributed by atoms with Gasteiger partial charge in [0.25, 0.3) is 0 Å². The highest BCUT2D eigenvalue weighted by atomic mass is 28.3. The van der Waals surface area contributed by atoms with Crippen molar-refractivity contribution in [3.8, 4) is 0 Å². The predicted octanol–water partition coefficient (Wildman–Crippen LogP) is 0.447. The Labute approximate surface area is 117 Å². The molecule has 6 N–H and O–H groups in total. The Kier molecular flexibility index (Phi) is 12.4. The van der Waals surface area contributed by atoms with E-state index in [-0.39, 0.29) is 11.6 Å². The van der Waals surface area contributed by atoms with Gasteiger partial charge in [0.15, 0.2) is 9.04 Å². The van der Waals surface area contributed by atoms with Crippen LogP contribution in [0.5, 0.6) is 0 Å². The molecule has 19 heavy (non-hydrogen) atoms. The van der Waals surface area contributed by atoms with Crippen LogP contribution in [-0.4, -0.2) is 43.4 Å². The molecule has 1 atom stereocenters. The molecule has 1 saturated heterocycles. The summed E-state index contributed by atoms with van der Waals surface area (Å²) in [6.45, 7) is 11.4. The van der Waals surface area contributed by atoms with Crippen LogP contribution in [0, 0.1) is 0 Å². The number of nitrogens with two attached hydrogens (primary N) is 1. The summed E-state index contributed by atoms with van der Waals surface area (Å²) in [4.78, 5) is 10.1. The Hall–Kier alpha value is -0.513. The second-order valence-electron chi connectivity index (χ2n) is 5.51. The van der Waals surface area contributed by atoms with Gasteiger partial charge < -0.3 is 20.2 Å². The van der Waals surface area contributed by atoms with Gasteiger partial charge >= 0.3 is 5.97 Å². The van der Waals surface area contributed by atoms with Gasteiger partial charge in [-0.25, -0.2) is 11.4 Å². The molecule has 0 spiro atoms. The van der Waals surface area contributed by atoms with Gasteiger partial charge in [0.1, 0.15) is 6.04 Å². The van der Waals surface area contributed by atoms with E-state index in [0.29, 0.717) is 0 Å². The van der Waals surface area contributed by atoms with Crippen LogP contribution >= 0.6 is 0 Å². The van der Waals surface area contributed by atoms with Crippen molar-refractivity contribution >= 4 is 15.0 Å². The van der Waals surface area contributed by atoms with Gasteiger partial charge in [-0.1, -0.05) is 0 Å². The van der Waals surface area contributed by atoms with Crippen molar-refractivity contribution in [1.29, 1.82) is 0 Å². The number of carboxylic acid groups (broad SMARTS) is 1. The highest BCUT2D eigenvalue weighted by molar-refractivity contribution is 6.48. The standard InChI is InChI=1S/C6H17NOSi.C5H9NO2.H3NO/c1-6(2,3)7-8-9(4)5;7-5(8)4-2-1-3-6-4;1-2/h7,9H,1-5H3;4,6H,1-3H2,(H,7,8);2H,1H2/t;4-;/m.0./s1. The zero-order valence-corrected chi connectivity index (χ0v) is 13.7. The first kappa shape index (κ1) is 20.8. The lowest BCUT2D eigenvalue weighted by molar-refractivity contribution is -0.139. The van der Waals surface area contributed by atoms with Gasteiger partial charge in [0, 0.05) is 5.54 Å². The van der Waals surface area contributed by atoms with E-state index in [9.17, 15) is 4.79 Å². The molecule has 0 aliphatic carbocycles. The molecule has 7 nitrogen and oxygen atoms in total.